The van der Waals surface area contributed by atoms with Crippen LogP contribution in [0, 0.1) is 19.8 Å². The van der Waals surface area contributed by atoms with Gasteiger partial charge < -0.3 is 10.1 Å². The quantitative estimate of drug-likeness (QED) is 0.722. The van der Waals surface area contributed by atoms with Gasteiger partial charge in [0.25, 0.3) is 5.91 Å². The number of nitrogens with one attached hydrogen (secondary N) is 1. The summed E-state index contributed by atoms with van der Waals surface area (Å²) in [5.74, 6) is -0.305. The minimum absolute atomic E-state index is 0.119. The van der Waals surface area contributed by atoms with Crippen molar-refractivity contribution in [3.63, 3.8) is 0 Å². The zero-order valence-electron chi connectivity index (χ0n) is 16.8. The van der Waals surface area contributed by atoms with Gasteiger partial charge in [-0.25, -0.2) is 0 Å². The average Bonchev–Trinajstić information content (AvgIpc) is 2.87. The van der Waals surface area contributed by atoms with Crippen LogP contribution in [0.25, 0.3) is 0 Å². The highest BCUT2D eigenvalue weighted by molar-refractivity contribution is 5.93. The molecule has 1 aromatic carbocycles. The zero-order valence-corrected chi connectivity index (χ0v) is 16.8. The van der Waals surface area contributed by atoms with E-state index in [1.165, 1.54) is 0 Å². The predicted octanol–water partition coefficient (Wildman–Crippen LogP) is 3.44. The Labute approximate surface area is 160 Å². The van der Waals surface area contributed by atoms with Gasteiger partial charge in [-0.2, -0.15) is 5.10 Å². The van der Waals surface area contributed by atoms with Gasteiger partial charge in [-0.15, -0.1) is 0 Å². The number of ether oxygens (including phenoxy) is 1. The molecular formula is C21H29N3O3. The molecule has 146 valence electrons. The van der Waals surface area contributed by atoms with E-state index in [0.29, 0.717) is 11.6 Å². The fourth-order valence-electron chi connectivity index (χ4n) is 2.92. The highest BCUT2D eigenvalue weighted by atomic mass is 16.5. The number of benzene rings is 1. The first-order valence-corrected chi connectivity index (χ1v) is 9.37. The highest BCUT2D eigenvalue weighted by Crippen LogP contribution is 2.16. The van der Waals surface area contributed by atoms with Crippen LogP contribution in [-0.4, -0.2) is 28.3 Å². The van der Waals surface area contributed by atoms with E-state index in [-0.39, 0.29) is 18.9 Å². The van der Waals surface area contributed by atoms with E-state index < -0.39 is 5.97 Å². The molecule has 1 aromatic heterocycles. The first-order chi connectivity index (χ1) is 12.8. The molecule has 0 bridgehead atoms. The van der Waals surface area contributed by atoms with Crippen molar-refractivity contribution in [2.24, 2.45) is 5.92 Å². The van der Waals surface area contributed by atoms with Crippen molar-refractivity contribution in [2.45, 2.75) is 54.0 Å². The summed E-state index contributed by atoms with van der Waals surface area (Å²) in [6.45, 7) is 10.7. The van der Waals surface area contributed by atoms with Crippen molar-refractivity contribution >= 4 is 17.6 Å². The SMILES string of the molecule is CCc1cccc(NC(=O)COC(=O)Cc2c(C)nn(CC(C)C)c2C)c1. The number of carbonyl (C=O) groups excluding carboxylic acids is 2. The van der Waals surface area contributed by atoms with Crippen molar-refractivity contribution < 1.29 is 14.3 Å². The van der Waals surface area contributed by atoms with Gasteiger partial charge in [0.2, 0.25) is 0 Å². The first kappa shape index (κ1) is 20.7. The van der Waals surface area contributed by atoms with Gasteiger partial charge in [0.05, 0.1) is 12.1 Å². The molecule has 1 N–H and O–H groups in total. The fraction of sp³-hybridized carbons (Fsp3) is 0.476. The van der Waals surface area contributed by atoms with Gasteiger partial charge in [0.15, 0.2) is 6.61 Å². The van der Waals surface area contributed by atoms with Crippen LogP contribution in [0.5, 0.6) is 0 Å². The Kier molecular flexibility index (Phi) is 7.16. The minimum atomic E-state index is -0.428. The maximum Gasteiger partial charge on any atom is 0.310 e. The maximum atomic E-state index is 12.2. The van der Waals surface area contributed by atoms with Crippen LogP contribution >= 0.6 is 0 Å². The molecule has 0 aliphatic carbocycles. The largest absolute Gasteiger partial charge is 0.455 e. The lowest BCUT2D eigenvalue weighted by atomic mass is 10.1. The molecule has 6 heteroatoms. The van der Waals surface area contributed by atoms with Crippen LogP contribution in [0.3, 0.4) is 0 Å². The summed E-state index contributed by atoms with van der Waals surface area (Å²) < 4.78 is 7.08. The van der Waals surface area contributed by atoms with E-state index in [1.54, 1.807) is 0 Å². The van der Waals surface area contributed by atoms with E-state index >= 15 is 0 Å². The molecule has 0 radical (unpaired) electrons. The number of carbonyl (C=O) groups is 2. The number of aryl methyl sites for hydroxylation is 2. The lowest BCUT2D eigenvalue weighted by Gasteiger charge is -2.09. The van der Waals surface area contributed by atoms with Crippen LogP contribution in [0.1, 0.15) is 43.3 Å². The number of aromatic nitrogens is 2. The van der Waals surface area contributed by atoms with E-state index in [0.717, 1.165) is 35.5 Å². The van der Waals surface area contributed by atoms with E-state index in [1.807, 2.05) is 42.8 Å². The van der Waals surface area contributed by atoms with Crippen molar-refractivity contribution in [3.05, 3.63) is 46.8 Å². The maximum absolute atomic E-state index is 12.2. The van der Waals surface area contributed by atoms with Gasteiger partial charge in [0.1, 0.15) is 0 Å². The van der Waals surface area contributed by atoms with Crippen LogP contribution in [0.15, 0.2) is 24.3 Å². The molecule has 0 unspecified atom stereocenters. The molecule has 1 heterocycles. The van der Waals surface area contributed by atoms with Gasteiger partial charge in [0, 0.05) is 23.5 Å². The number of anilines is 1. The van der Waals surface area contributed by atoms with Gasteiger partial charge in [-0.3, -0.25) is 14.3 Å². The lowest BCUT2D eigenvalue weighted by molar-refractivity contribution is -0.146. The van der Waals surface area contributed by atoms with Crippen LogP contribution in [0.4, 0.5) is 5.69 Å². The van der Waals surface area contributed by atoms with Crippen LogP contribution in [-0.2, 0) is 33.7 Å². The molecule has 6 nitrogen and oxygen atoms in total. The molecule has 2 aromatic rings. The smallest absolute Gasteiger partial charge is 0.310 e. The Morgan fingerprint density at radius 1 is 1.26 bits per heavy atom. The van der Waals surface area contributed by atoms with E-state index in [9.17, 15) is 9.59 Å². The van der Waals surface area contributed by atoms with Gasteiger partial charge in [-0.05, 0) is 43.9 Å². The van der Waals surface area contributed by atoms with Crippen molar-refractivity contribution in [3.8, 4) is 0 Å². The molecule has 0 aliphatic rings. The molecule has 0 aliphatic heterocycles. The topological polar surface area (TPSA) is 73.2 Å². The number of hydrogen-bond donors (Lipinski definition) is 1. The third-order valence-corrected chi connectivity index (χ3v) is 4.37. The van der Waals surface area contributed by atoms with Gasteiger partial charge >= 0.3 is 5.97 Å². The number of rotatable bonds is 8. The number of amides is 1. The monoisotopic (exact) mass is 371 g/mol. The number of nitrogens with zero attached hydrogens (tertiary/aromatic N) is 2. The lowest BCUT2D eigenvalue weighted by Crippen LogP contribution is -2.22. The highest BCUT2D eigenvalue weighted by Gasteiger charge is 2.17. The Morgan fingerprint density at radius 2 is 2.00 bits per heavy atom. The van der Waals surface area contributed by atoms with Crippen LogP contribution < -0.4 is 5.32 Å². The van der Waals surface area contributed by atoms with Crippen molar-refractivity contribution in [2.75, 3.05) is 11.9 Å². The molecule has 27 heavy (non-hydrogen) atoms. The normalized spacial score (nSPS) is 10.9. The average molecular weight is 371 g/mol. The molecule has 0 saturated carbocycles. The third-order valence-electron chi connectivity index (χ3n) is 4.37. The Hall–Kier alpha value is -2.63. The Morgan fingerprint density at radius 3 is 2.67 bits per heavy atom. The molecule has 1 amide bonds. The zero-order chi connectivity index (χ0) is 20.0. The predicted molar refractivity (Wildman–Crippen MR) is 106 cm³/mol. The summed E-state index contributed by atoms with van der Waals surface area (Å²) in [7, 11) is 0. The van der Waals surface area contributed by atoms with E-state index in [2.05, 4.69) is 31.2 Å². The molecular weight excluding hydrogens is 342 g/mol. The minimum Gasteiger partial charge on any atom is -0.455 e. The standard InChI is InChI=1S/C21H29N3O3/c1-6-17-8-7-9-18(10-17)22-20(25)13-27-21(26)11-19-15(4)23-24(16(19)5)12-14(2)3/h7-10,14H,6,11-13H2,1-5H3,(H,22,25). The summed E-state index contributed by atoms with van der Waals surface area (Å²) in [4.78, 5) is 24.2. The van der Waals surface area contributed by atoms with Crippen LogP contribution in [0.2, 0.25) is 0 Å². The summed E-state index contributed by atoms with van der Waals surface area (Å²) in [5.41, 5.74) is 4.51. The molecule has 0 fully saturated rings. The first-order valence-electron chi connectivity index (χ1n) is 9.37. The summed E-state index contributed by atoms with van der Waals surface area (Å²) in [6, 6.07) is 7.62. The fourth-order valence-corrected chi connectivity index (χ4v) is 2.92. The second-order valence-corrected chi connectivity index (χ2v) is 7.16. The second-order valence-electron chi connectivity index (χ2n) is 7.16. The molecule has 0 saturated heterocycles. The Balaban J connectivity index is 1.89. The summed E-state index contributed by atoms with van der Waals surface area (Å²) >= 11 is 0. The van der Waals surface area contributed by atoms with Gasteiger partial charge in [-0.1, -0.05) is 32.9 Å². The molecule has 0 atom stereocenters. The molecule has 0 spiro atoms. The number of hydrogen-bond acceptors (Lipinski definition) is 4. The van der Waals surface area contributed by atoms with Crippen molar-refractivity contribution in [1.82, 2.24) is 9.78 Å². The third kappa shape index (κ3) is 5.94. The van der Waals surface area contributed by atoms with E-state index in [4.69, 9.17) is 4.74 Å². The molecule has 2 rings (SSSR count). The number of esters is 1. The Bertz CT molecular complexity index is 809. The second kappa shape index (κ2) is 9.35. The summed E-state index contributed by atoms with van der Waals surface area (Å²) in [6.07, 6.45) is 1.01. The summed E-state index contributed by atoms with van der Waals surface area (Å²) in [5, 5.41) is 7.25. The van der Waals surface area contributed by atoms with Crippen molar-refractivity contribution in [1.29, 1.82) is 0 Å².